The van der Waals surface area contributed by atoms with E-state index in [9.17, 15) is 0 Å². The third kappa shape index (κ3) is 10.7. The van der Waals surface area contributed by atoms with Crippen molar-refractivity contribution in [3.8, 4) is 0 Å². The van der Waals surface area contributed by atoms with Crippen LogP contribution in [0.1, 0.15) is 65.2 Å². The minimum atomic E-state index is -0.490. The van der Waals surface area contributed by atoms with Crippen LogP contribution < -0.4 is 0 Å². The lowest BCUT2D eigenvalue weighted by molar-refractivity contribution is 0.586. The van der Waals surface area contributed by atoms with Crippen molar-refractivity contribution in [1.29, 1.82) is 0 Å². The van der Waals surface area contributed by atoms with Crippen LogP contribution in [0.5, 0.6) is 0 Å². The highest BCUT2D eigenvalue weighted by Gasteiger charge is 2.20. The van der Waals surface area contributed by atoms with Gasteiger partial charge in [-0.15, -0.1) is 0 Å². The van der Waals surface area contributed by atoms with Crippen molar-refractivity contribution in [2.24, 2.45) is 0 Å². The lowest BCUT2D eigenvalue weighted by atomic mass is 10.1. The number of rotatable bonds is 10. The topological polar surface area (TPSA) is 0 Å². The molecule has 0 bridgehead atoms. The minimum absolute atomic E-state index is 0.490. The van der Waals surface area contributed by atoms with Crippen LogP contribution in [0.15, 0.2) is 0 Å². The van der Waals surface area contributed by atoms with Gasteiger partial charge in [-0.25, -0.2) is 0 Å². The van der Waals surface area contributed by atoms with Gasteiger partial charge in [0.1, 0.15) is 0 Å². The molecule has 92 valence electrons. The number of hydrogen-bond acceptors (Lipinski definition) is 0. The Balaban J connectivity index is 3.11. The largest absolute Gasteiger partial charge is 0.0654 e. The van der Waals surface area contributed by atoms with Crippen molar-refractivity contribution in [1.82, 2.24) is 0 Å². The van der Waals surface area contributed by atoms with Gasteiger partial charge in [-0.1, -0.05) is 45.4 Å². The summed E-state index contributed by atoms with van der Waals surface area (Å²) in [7, 11) is -0.490. The van der Waals surface area contributed by atoms with Crippen molar-refractivity contribution in [3.63, 3.8) is 0 Å². The highest BCUT2D eigenvalue weighted by molar-refractivity contribution is 7.74. The van der Waals surface area contributed by atoms with Gasteiger partial charge >= 0.3 is 0 Å². The molecule has 0 N–H and O–H groups in total. The Morgan fingerprint density at radius 2 is 1.13 bits per heavy atom. The van der Waals surface area contributed by atoms with Crippen molar-refractivity contribution < 1.29 is 0 Å². The lowest BCUT2D eigenvalue weighted by Crippen LogP contribution is -1.97. The smallest absolute Gasteiger partial charge is 0.0588 e. The first-order valence-electron chi connectivity index (χ1n) is 6.94. The van der Waals surface area contributed by atoms with E-state index in [0.29, 0.717) is 0 Å². The third-order valence-electron chi connectivity index (χ3n) is 3.47. The van der Waals surface area contributed by atoms with Crippen LogP contribution in [-0.4, -0.2) is 25.7 Å². The fourth-order valence-electron chi connectivity index (χ4n) is 1.83. The second kappa shape index (κ2) is 9.64. The van der Waals surface area contributed by atoms with Crippen LogP contribution >= 0.6 is 7.26 Å². The van der Waals surface area contributed by atoms with E-state index in [0.717, 1.165) is 0 Å². The van der Waals surface area contributed by atoms with Crippen LogP contribution in [0.4, 0.5) is 0 Å². The summed E-state index contributed by atoms with van der Waals surface area (Å²) in [5.74, 6) is 0. The van der Waals surface area contributed by atoms with Gasteiger partial charge in [-0.05, 0) is 19.8 Å². The molecule has 0 spiro atoms. The fraction of sp³-hybridized carbons (Fsp3) is 1.00. The van der Waals surface area contributed by atoms with Crippen molar-refractivity contribution in [2.45, 2.75) is 65.2 Å². The summed E-state index contributed by atoms with van der Waals surface area (Å²) in [6, 6.07) is 0. The van der Waals surface area contributed by atoms with Crippen LogP contribution in [-0.2, 0) is 0 Å². The molecule has 0 nitrogen and oxygen atoms in total. The van der Waals surface area contributed by atoms with E-state index >= 15 is 0 Å². The molecule has 1 heteroatoms. The van der Waals surface area contributed by atoms with Gasteiger partial charge < -0.3 is 0 Å². The molecule has 0 saturated heterocycles. The summed E-state index contributed by atoms with van der Waals surface area (Å²) in [5.41, 5.74) is 0. The molecular weight excluding hydrogens is 199 g/mol. The predicted molar refractivity (Wildman–Crippen MR) is 76.8 cm³/mol. The van der Waals surface area contributed by atoms with Gasteiger partial charge in [0, 0.05) is 20.6 Å². The zero-order valence-electron chi connectivity index (χ0n) is 11.5. The van der Waals surface area contributed by atoms with Gasteiger partial charge in [0.15, 0.2) is 0 Å². The first-order valence-corrected chi connectivity index (χ1v) is 9.99. The molecule has 0 amide bonds. The van der Waals surface area contributed by atoms with E-state index in [1.165, 1.54) is 63.7 Å². The molecule has 0 unspecified atom stereocenters. The van der Waals surface area contributed by atoms with E-state index in [2.05, 4.69) is 27.2 Å². The molecule has 0 saturated carbocycles. The van der Waals surface area contributed by atoms with E-state index < -0.39 is 7.26 Å². The Labute approximate surface area is 98.6 Å². The third-order valence-corrected chi connectivity index (χ3v) is 6.71. The second-order valence-corrected chi connectivity index (χ2v) is 10.4. The zero-order valence-corrected chi connectivity index (χ0v) is 12.4. The van der Waals surface area contributed by atoms with Gasteiger partial charge in [0.05, 0.1) is 12.3 Å². The summed E-state index contributed by atoms with van der Waals surface area (Å²) in [6.45, 7) is 9.66. The van der Waals surface area contributed by atoms with Gasteiger partial charge in [-0.3, -0.25) is 0 Å². The highest BCUT2D eigenvalue weighted by Crippen LogP contribution is 2.51. The van der Waals surface area contributed by atoms with Gasteiger partial charge in [-0.2, -0.15) is 0 Å². The summed E-state index contributed by atoms with van der Waals surface area (Å²) >= 11 is 0. The Kier molecular flexibility index (Phi) is 9.92. The summed E-state index contributed by atoms with van der Waals surface area (Å²) in [4.78, 5) is 0. The molecule has 0 aromatic rings. The van der Waals surface area contributed by atoms with Crippen LogP contribution in [0, 0.1) is 0 Å². The van der Waals surface area contributed by atoms with Crippen molar-refractivity contribution in [3.05, 3.63) is 0 Å². The van der Waals surface area contributed by atoms with E-state index in [1.807, 2.05) is 0 Å². The van der Waals surface area contributed by atoms with Gasteiger partial charge in [0.2, 0.25) is 0 Å². The monoisotopic (exact) mass is 231 g/mol. The Bertz CT molecular complexity index is 129. The highest BCUT2D eigenvalue weighted by atomic mass is 31.2. The molecule has 0 atom stereocenters. The molecular formula is C14H32P+. The maximum absolute atomic E-state index is 2.51. The summed E-state index contributed by atoms with van der Waals surface area (Å²) in [5, 5.41) is 0. The quantitative estimate of drug-likeness (QED) is 0.347. The molecule has 0 aliphatic rings. The fourth-order valence-corrected chi connectivity index (χ4v) is 3.23. The normalized spacial score (nSPS) is 12.0. The average molecular weight is 231 g/mol. The SMILES string of the molecule is CCCCCCCCCC[P+](C)(C)CC. The molecule has 0 heterocycles. The Morgan fingerprint density at radius 3 is 1.60 bits per heavy atom. The zero-order chi connectivity index (χ0) is 11.6. The molecule has 0 aliphatic carbocycles. The van der Waals surface area contributed by atoms with Gasteiger partial charge in [0.25, 0.3) is 0 Å². The van der Waals surface area contributed by atoms with Crippen molar-refractivity contribution in [2.75, 3.05) is 25.7 Å². The molecule has 0 rings (SSSR count). The molecule has 0 fully saturated rings. The second-order valence-electron chi connectivity index (χ2n) is 5.45. The van der Waals surface area contributed by atoms with E-state index in [4.69, 9.17) is 0 Å². The Hall–Kier alpha value is 0.430. The maximum Gasteiger partial charge on any atom is 0.0588 e. The first-order chi connectivity index (χ1) is 7.12. The summed E-state index contributed by atoms with van der Waals surface area (Å²) in [6.07, 6.45) is 14.6. The first kappa shape index (κ1) is 15.4. The molecule has 0 radical (unpaired) electrons. The summed E-state index contributed by atoms with van der Waals surface area (Å²) < 4.78 is 0. The molecule has 15 heavy (non-hydrogen) atoms. The predicted octanol–water partition coefficient (Wildman–Crippen LogP) is 5.42. The van der Waals surface area contributed by atoms with Crippen molar-refractivity contribution >= 4 is 7.26 Å². The molecule has 0 aromatic carbocycles. The van der Waals surface area contributed by atoms with Crippen LogP contribution in [0.2, 0.25) is 0 Å². The van der Waals surface area contributed by atoms with Crippen LogP contribution in [0.25, 0.3) is 0 Å². The molecule has 0 aliphatic heterocycles. The number of unbranched alkanes of at least 4 members (excludes halogenated alkanes) is 7. The average Bonchev–Trinajstić information content (AvgIpc) is 2.22. The number of hydrogen-bond donors (Lipinski definition) is 0. The van der Waals surface area contributed by atoms with E-state index in [1.54, 1.807) is 0 Å². The maximum atomic E-state index is 2.51. The van der Waals surface area contributed by atoms with Crippen LogP contribution in [0.3, 0.4) is 0 Å². The lowest BCUT2D eigenvalue weighted by Gasteiger charge is -2.15. The molecule has 0 aromatic heterocycles. The standard InChI is InChI=1S/C14H32P/c1-5-7-8-9-10-11-12-13-14-15(3,4)6-2/h5-14H2,1-4H3/q+1. The van der Waals surface area contributed by atoms with E-state index in [-0.39, 0.29) is 0 Å². The minimum Gasteiger partial charge on any atom is -0.0654 e. The Morgan fingerprint density at radius 1 is 0.667 bits per heavy atom.